The highest BCUT2D eigenvalue weighted by molar-refractivity contribution is 5.89. The Kier molecular flexibility index (Phi) is 5.23. The summed E-state index contributed by atoms with van der Waals surface area (Å²) in [6.45, 7) is 3.69. The van der Waals surface area contributed by atoms with E-state index in [0.717, 1.165) is 48.7 Å². The van der Waals surface area contributed by atoms with Crippen LogP contribution in [0.3, 0.4) is 0 Å². The Morgan fingerprint density at radius 2 is 1.96 bits per heavy atom. The lowest BCUT2D eigenvalue weighted by molar-refractivity contribution is 0.246. The van der Waals surface area contributed by atoms with Gasteiger partial charge in [0.05, 0.1) is 5.69 Å². The fourth-order valence-corrected chi connectivity index (χ4v) is 3.45. The highest BCUT2D eigenvalue weighted by atomic mass is 16.2. The summed E-state index contributed by atoms with van der Waals surface area (Å²) in [5.74, 6) is 0.900. The van der Waals surface area contributed by atoms with Gasteiger partial charge in [-0.3, -0.25) is 10.1 Å². The summed E-state index contributed by atoms with van der Waals surface area (Å²) in [6, 6.07) is 13.6. The number of H-pyrrole nitrogens is 1. The zero-order valence-electron chi connectivity index (χ0n) is 15.9. The van der Waals surface area contributed by atoms with Crippen LogP contribution >= 0.6 is 0 Å². The van der Waals surface area contributed by atoms with Gasteiger partial charge < -0.3 is 15.5 Å². The summed E-state index contributed by atoms with van der Waals surface area (Å²) >= 11 is 0. The zero-order chi connectivity index (χ0) is 19.3. The summed E-state index contributed by atoms with van der Waals surface area (Å²) in [6.07, 6.45) is 5.50. The van der Waals surface area contributed by atoms with Crippen LogP contribution in [0.25, 0.3) is 11.3 Å². The SMILES string of the molecule is Cc1ccc(NC(=O)N[C@@H]2CCCN(c3cc(-c4ccncc4)[nH]n3)C2)cc1. The number of anilines is 2. The minimum absolute atomic E-state index is 0.0836. The number of rotatable bonds is 4. The zero-order valence-corrected chi connectivity index (χ0v) is 15.9. The number of piperidine rings is 1. The summed E-state index contributed by atoms with van der Waals surface area (Å²) < 4.78 is 0. The molecule has 1 atom stereocenters. The first-order valence-corrected chi connectivity index (χ1v) is 9.52. The summed E-state index contributed by atoms with van der Waals surface area (Å²) in [5.41, 5.74) is 3.98. The second kappa shape index (κ2) is 8.12. The van der Waals surface area contributed by atoms with Crippen molar-refractivity contribution in [1.29, 1.82) is 0 Å². The number of nitrogens with one attached hydrogen (secondary N) is 3. The average molecular weight is 376 g/mol. The first-order chi connectivity index (χ1) is 13.7. The molecule has 2 aromatic heterocycles. The molecule has 144 valence electrons. The van der Waals surface area contributed by atoms with Crippen LogP contribution in [-0.4, -0.2) is 40.3 Å². The monoisotopic (exact) mass is 376 g/mol. The fourth-order valence-electron chi connectivity index (χ4n) is 3.45. The molecule has 2 amide bonds. The molecular formula is C21H24N6O. The Labute approximate surface area is 164 Å². The number of nitrogens with zero attached hydrogens (tertiary/aromatic N) is 3. The highest BCUT2D eigenvalue weighted by Gasteiger charge is 2.23. The molecule has 0 bridgehead atoms. The highest BCUT2D eigenvalue weighted by Crippen LogP contribution is 2.23. The Hall–Kier alpha value is -3.35. The van der Waals surface area contributed by atoms with Crippen molar-refractivity contribution in [2.24, 2.45) is 0 Å². The van der Waals surface area contributed by atoms with Gasteiger partial charge in [0.25, 0.3) is 0 Å². The molecule has 7 heteroatoms. The third-order valence-corrected chi connectivity index (χ3v) is 4.95. The van der Waals surface area contributed by atoms with Crippen molar-refractivity contribution in [1.82, 2.24) is 20.5 Å². The number of amides is 2. The lowest BCUT2D eigenvalue weighted by Gasteiger charge is -2.33. The third-order valence-electron chi connectivity index (χ3n) is 4.95. The number of hydrogen-bond donors (Lipinski definition) is 3. The summed E-state index contributed by atoms with van der Waals surface area (Å²) in [4.78, 5) is 18.6. The number of aromatic nitrogens is 3. The molecular weight excluding hydrogens is 352 g/mol. The van der Waals surface area contributed by atoms with E-state index >= 15 is 0 Å². The van der Waals surface area contributed by atoms with Crippen molar-refractivity contribution in [3.05, 3.63) is 60.4 Å². The summed E-state index contributed by atoms with van der Waals surface area (Å²) in [7, 11) is 0. The molecule has 3 heterocycles. The molecule has 3 N–H and O–H groups in total. The number of carbonyl (C=O) groups excluding carboxylic acids is 1. The molecule has 0 saturated carbocycles. The normalized spacial score (nSPS) is 16.6. The Morgan fingerprint density at radius 1 is 1.18 bits per heavy atom. The number of benzene rings is 1. The van der Waals surface area contributed by atoms with Crippen LogP contribution in [0, 0.1) is 6.92 Å². The molecule has 3 aromatic rings. The lowest BCUT2D eigenvalue weighted by Crippen LogP contribution is -2.49. The van der Waals surface area contributed by atoms with Crippen LogP contribution in [0.1, 0.15) is 18.4 Å². The molecule has 28 heavy (non-hydrogen) atoms. The number of pyridine rings is 1. The van der Waals surface area contributed by atoms with Crippen LogP contribution in [0.2, 0.25) is 0 Å². The van der Waals surface area contributed by atoms with E-state index < -0.39 is 0 Å². The van der Waals surface area contributed by atoms with Crippen molar-refractivity contribution in [3.63, 3.8) is 0 Å². The number of urea groups is 1. The van der Waals surface area contributed by atoms with Crippen molar-refractivity contribution in [2.75, 3.05) is 23.3 Å². The van der Waals surface area contributed by atoms with Crippen LogP contribution < -0.4 is 15.5 Å². The van der Waals surface area contributed by atoms with E-state index in [0.29, 0.717) is 0 Å². The van der Waals surface area contributed by atoms with E-state index in [9.17, 15) is 4.79 Å². The van der Waals surface area contributed by atoms with Crippen LogP contribution in [0.4, 0.5) is 16.3 Å². The number of aryl methyl sites for hydroxylation is 1. The molecule has 0 unspecified atom stereocenters. The molecule has 1 fully saturated rings. The van der Waals surface area contributed by atoms with Gasteiger partial charge in [0.2, 0.25) is 0 Å². The standard InChI is InChI=1S/C21H24N6O/c1-15-4-6-17(7-5-15)23-21(28)24-18-3-2-12-27(14-18)20-13-19(25-26-20)16-8-10-22-11-9-16/h4-11,13,18H,2-3,12,14H2,1H3,(H,25,26)(H2,23,24,28)/t18-/m1/s1. The maximum absolute atomic E-state index is 12.3. The molecule has 1 aromatic carbocycles. The first-order valence-electron chi connectivity index (χ1n) is 9.52. The maximum Gasteiger partial charge on any atom is 0.319 e. The molecule has 1 aliphatic heterocycles. The van der Waals surface area contributed by atoms with E-state index in [2.05, 4.69) is 30.7 Å². The fraction of sp³-hybridized carbons (Fsp3) is 0.286. The second-order valence-corrected chi connectivity index (χ2v) is 7.13. The third kappa shape index (κ3) is 4.31. The van der Waals surface area contributed by atoms with Crippen molar-refractivity contribution < 1.29 is 4.79 Å². The van der Waals surface area contributed by atoms with Crippen LogP contribution in [0.5, 0.6) is 0 Å². The van der Waals surface area contributed by atoms with Gasteiger partial charge in [-0.2, -0.15) is 5.10 Å². The molecule has 1 saturated heterocycles. The predicted molar refractivity (Wildman–Crippen MR) is 110 cm³/mol. The molecule has 0 radical (unpaired) electrons. The predicted octanol–water partition coefficient (Wildman–Crippen LogP) is 3.57. The Morgan fingerprint density at radius 3 is 2.75 bits per heavy atom. The van der Waals surface area contributed by atoms with Gasteiger partial charge in [0.1, 0.15) is 0 Å². The Balaban J connectivity index is 1.36. The van der Waals surface area contributed by atoms with E-state index in [1.54, 1.807) is 12.4 Å². The van der Waals surface area contributed by atoms with Gasteiger partial charge in [-0.05, 0) is 44.0 Å². The molecule has 0 aliphatic carbocycles. The quantitative estimate of drug-likeness (QED) is 0.650. The van der Waals surface area contributed by atoms with Crippen molar-refractivity contribution in [2.45, 2.75) is 25.8 Å². The number of carbonyl (C=O) groups is 1. The van der Waals surface area contributed by atoms with E-state index in [1.807, 2.05) is 49.4 Å². The molecule has 7 nitrogen and oxygen atoms in total. The average Bonchev–Trinajstić information content (AvgIpc) is 3.21. The van der Waals surface area contributed by atoms with Crippen LogP contribution in [-0.2, 0) is 0 Å². The molecule has 4 rings (SSSR count). The minimum Gasteiger partial charge on any atom is -0.353 e. The van der Waals surface area contributed by atoms with Gasteiger partial charge in [-0.25, -0.2) is 4.79 Å². The van der Waals surface area contributed by atoms with Gasteiger partial charge in [-0.15, -0.1) is 0 Å². The van der Waals surface area contributed by atoms with E-state index in [-0.39, 0.29) is 12.1 Å². The molecule has 1 aliphatic rings. The molecule has 0 spiro atoms. The van der Waals surface area contributed by atoms with Gasteiger partial charge in [-0.1, -0.05) is 17.7 Å². The lowest BCUT2D eigenvalue weighted by atomic mass is 10.1. The summed E-state index contributed by atoms with van der Waals surface area (Å²) in [5, 5.41) is 13.5. The van der Waals surface area contributed by atoms with Crippen LogP contribution in [0.15, 0.2) is 54.9 Å². The minimum atomic E-state index is -0.171. The van der Waals surface area contributed by atoms with Gasteiger partial charge in [0.15, 0.2) is 5.82 Å². The van der Waals surface area contributed by atoms with Gasteiger partial charge >= 0.3 is 6.03 Å². The maximum atomic E-state index is 12.3. The van der Waals surface area contributed by atoms with E-state index in [4.69, 9.17) is 0 Å². The van der Waals surface area contributed by atoms with E-state index in [1.165, 1.54) is 5.56 Å². The second-order valence-electron chi connectivity index (χ2n) is 7.13. The Bertz CT molecular complexity index is 922. The largest absolute Gasteiger partial charge is 0.353 e. The first kappa shape index (κ1) is 18.0. The topological polar surface area (TPSA) is 85.9 Å². The smallest absolute Gasteiger partial charge is 0.319 e. The van der Waals surface area contributed by atoms with Crippen molar-refractivity contribution in [3.8, 4) is 11.3 Å². The van der Waals surface area contributed by atoms with Crippen molar-refractivity contribution >= 4 is 17.5 Å². The number of hydrogen-bond acceptors (Lipinski definition) is 4. The number of aromatic amines is 1. The van der Waals surface area contributed by atoms with Gasteiger partial charge in [0, 0.05) is 48.8 Å².